The number of aromatic nitrogens is 1. The van der Waals surface area contributed by atoms with E-state index in [4.69, 9.17) is 14.7 Å². The average Bonchev–Trinajstić information content (AvgIpc) is 3.02. The van der Waals surface area contributed by atoms with Gasteiger partial charge in [-0.15, -0.1) is 0 Å². The van der Waals surface area contributed by atoms with Gasteiger partial charge in [0.25, 0.3) is 0 Å². The molecule has 1 aliphatic heterocycles. The number of aryl methyl sites for hydroxylation is 1. The van der Waals surface area contributed by atoms with Crippen LogP contribution in [0.2, 0.25) is 0 Å². The largest absolute Gasteiger partial charge is 0.458 e. The molecule has 0 amide bonds. The Morgan fingerprint density at radius 1 is 1.40 bits per heavy atom. The number of benzene rings is 1. The molecule has 0 aliphatic carbocycles. The number of nitriles is 1. The maximum absolute atomic E-state index is 12.2. The van der Waals surface area contributed by atoms with Gasteiger partial charge in [-0.05, 0) is 11.6 Å². The second kappa shape index (κ2) is 7.97. The van der Waals surface area contributed by atoms with E-state index in [2.05, 4.69) is 17.0 Å². The van der Waals surface area contributed by atoms with Crippen LogP contribution in [0.15, 0.2) is 42.6 Å². The number of esters is 1. The average molecular weight is 339 g/mol. The van der Waals surface area contributed by atoms with E-state index in [9.17, 15) is 4.79 Å². The Morgan fingerprint density at radius 3 is 2.92 bits per heavy atom. The summed E-state index contributed by atoms with van der Waals surface area (Å²) in [6, 6.07) is 13.8. The van der Waals surface area contributed by atoms with Gasteiger partial charge in [-0.2, -0.15) is 5.26 Å². The van der Waals surface area contributed by atoms with E-state index in [-0.39, 0.29) is 12.7 Å². The first kappa shape index (κ1) is 17.2. The van der Waals surface area contributed by atoms with E-state index in [0.29, 0.717) is 17.9 Å². The predicted octanol–water partition coefficient (Wildman–Crippen LogP) is 1.95. The van der Waals surface area contributed by atoms with Crippen LogP contribution >= 0.6 is 0 Å². The van der Waals surface area contributed by atoms with E-state index < -0.39 is 5.97 Å². The molecule has 2 heterocycles. The fourth-order valence-corrected chi connectivity index (χ4v) is 2.94. The summed E-state index contributed by atoms with van der Waals surface area (Å²) in [5.41, 5.74) is 2.07. The second-order valence-electron chi connectivity index (χ2n) is 6.15. The first-order chi connectivity index (χ1) is 12.2. The van der Waals surface area contributed by atoms with Gasteiger partial charge in [-0.1, -0.05) is 30.3 Å². The Labute approximate surface area is 147 Å². The molecule has 1 unspecified atom stereocenters. The maximum Gasteiger partial charge on any atom is 0.355 e. The van der Waals surface area contributed by atoms with Crippen molar-refractivity contribution >= 4 is 5.97 Å². The topological polar surface area (TPSA) is 67.5 Å². The molecule has 1 aromatic carbocycles. The van der Waals surface area contributed by atoms with Crippen molar-refractivity contribution < 1.29 is 14.3 Å². The molecule has 0 saturated carbocycles. The highest BCUT2D eigenvalue weighted by atomic mass is 16.6. The van der Waals surface area contributed by atoms with Crippen LogP contribution in [0.3, 0.4) is 0 Å². The van der Waals surface area contributed by atoms with Crippen molar-refractivity contribution in [2.45, 2.75) is 12.6 Å². The van der Waals surface area contributed by atoms with Crippen LogP contribution in [0.25, 0.3) is 0 Å². The van der Waals surface area contributed by atoms with Gasteiger partial charge in [0.05, 0.1) is 12.2 Å². The van der Waals surface area contributed by atoms with Gasteiger partial charge >= 0.3 is 5.97 Å². The first-order valence-corrected chi connectivity index (χ1v) is 8.27. The summed E-state index contributed by atoms with van der Waals surface area (Å²) in [6.07, 6.45) is 1.46. The molecule has 6 heteroatoms. The van der Waals surface area contributed by atoms with Crippen LogP contribution in [0.4, 0.5) is 0 Å². The summed E-state index contributed by atoms with van der Waals surface area (Å²) in [5, 5.41) is 8.90. The Kier molecular flexibility index (Phi) is 5.49. The van der Waals surface area contributed by atoms with Gasteiger partial charge in [0.15, 0.2) is 0 Å². The molecular formula is C19H21N3O3. The number of morpholine rings is 1. The van der Waals surface area contributed by atoms with Crippen LogP contribution in [0.1, 0.15) is 21.6 Å². The van der Waals surface area contributed by atoms with Crippen LogP contribution < -0.4 is 0 Å². The van der Waals surface area contributed by atoms with Crippen molar-refractivity contribution in [2.24, 2.45) is 7.05 Å². The molecule has 1 atom stereocenters. The molecule has 1 fully saturated rings. The second-order valence-corrected chi connectivity index (χ2v) is 6.15. The minimum atomic E-state index is -0.437. The Balaban J connectivity index is 1.51. The molecule has 3 rings (SSSR count). The number of ether oxygens (including phenoxy) is 2. The minimum absolute atomic E-state index is 0.142. The summed E-state index contributed by atoms with van der Waals surface area (Å²) in [5.74, 6) is -0.437. The van der Waals surface area contributed by atoms with Crippen molar-refractivity contribution in [2.75, 3.05) is 26.3 Å². The molecular weight excluding hydrogens is 318 g/mol. The fourth-order valence-electron chi connectivity index (χ4n) is 2.94. The van der Waals surface area contributed by atoms with Crippen LogP contribution in [0.5, 0.6) is 0 Å². The molecule has 1 aliphatic rings. The van der Waals surface area contributed by atoms with Crippen LogP contribution in [-0.2, 0) is 23.1 Å². The Bertz CT molecular complexity index is 764. The lowest BCUT2D eigenvalue weighted by atomic mass is 10.2. The molecule has 130 valence electrons. The van der Waals surface area contributed by atoms with Crippen molar-refractivity contribution in [3.63, 3.8) is 0 Å². The highest BCUT2D eigenvalue weighted by Crippen LogP contribution is 2.12. The standard InChI is InChI=1S/C19H21N3O3/c1-21-11-16(10-20)9-18(21)19(23)25-14-17-13-22(7-8-24-17)12-15-5-3-2-4-6-15/h2-6,9,11,17H,7-8,12-14H2,1H3. The first-order valence-electron chi connectivity index (χ1n) is 8.27. The third-order valence-electron chi connectivity index (χ3n) is 4.22. The zero-order valence-electron chi connectivity index (χ0n) is 14.2. The van der Waals surface area contributed by atoms with Gasteiger partial charge in [0.2, 0.25) is 0 Å². The van der Waals surface area contributed by atoms with Gasteiger partial charge in [0.1, 0.15) is 24.5 Å². The number of hydrogen-bond donors (Lipinski definition) is 0. The lowest BCUT2D eigenvalue weighted by Gasteiger charge is -2.32. The van der Waals surface area contributed by atoms with Gasteiger partial charge in [0, 0.05) is 32.9 Å². The molecule has 6 nitrogen and oxygen atoms in total. The van der Waals surface area contributed by atoms with E-state index in [0.717, 1.165) is 19.6 Å². The Morgan fingerprint density at radius 2 is 2.20 bits per heavy atom. The summed E-state index contributed by atoms with van der Waals surface area (Å²) >= 11 is 0. The summed E-state index contributed by atoms with van der Waals surface area (Å²) in [4.78, 5) is 14.5. The zero-order chi connectivity index (χ0) is 17.6. The minimum Gasteiger partial charge on any atom is -0.458 e. The summed E-state index contributed by atoms with van der Waals surface area (Å²) < 4.78 is 12.7. The molecule has 0 bridgehead atoms. The van der Waals surface area contributed by atoms with Crippen LogP contribution in [0, 0.1) is 11.3 Å². The van der Waals surface area contributed by atoms with E-state index >= 15 is 0 Å². The van der Waals surface area contributed by atoms with Crippen LogP contribution in [-0.4, -0.2) is 47.8 Å². The lowest BCUT2D eigenvalue weighted by Crippen LogP contribution is -2.44. The smallest absolute Gasteiger partial charge is 0.355 e. The third-order valence-corrected chi connectivity index (χ3v) is 4.22. The summed E-state index contributed by atoms with van der Waals surface area (Å²) in [6.45, 7) is 3.27. The molecule has 0 N–H and O–H groups in total. The normalized spacial score (nSPS) is 17.8. The molecule has 1 saturated heterocycles. The zero-order valence-corrected chi connectivity index (χ0v) is 14.2. The SMILES string of the molecule is Cn1cc(C#N)cc1C(=O)OCC1CN(Cc2ccccc2)CCO1. The lowest BCUT2D eigenvalue weighted by molar-refractivity contribution is -0.0614. The fraction of sp³-hybridized carbons (Fsp3) is 0.368. The van der Waals surface area contributed by atoms with Crippen molar-refractivity contribution in [1.82, 2.24) is 9.47 Å². The molecule has 1 aromatic heterocycles. The highest BCUT2D eigenvalue weighted by Gasteiger charge is 2.23. The number of nitrogens with zero attached hydrogens (tertiary/aromatic N) is 3. The number of carbonyl (C=O) groups is 1. The van der Waals surface area contributed by atoms with Crippen molar-refractivity contribution in [3.8, 4) is 6.07 Å². The van der Waals surface area contributed by atoms with E-state index in [1.54, 1.807) is 17.8 Å². The van der Waals surface area contributed by atoms with Crippen molar-refractivity contribution in [3.05, 3.63) is 59.4 Å². The predicted molar refractivity (Wildman–Crippen MR) is 91.9 cm³/mol. The van der Waals surface area contributed by atoms with Gasteiger partial charge in [-0.25, -0.2) is 4.79 Å². The molecule has 0 spiro atoms. The maximum atomic E-state index is 12.2. The number of rotatable bonds is 5. The van der Waals surface area contributed by atoms with Gasteiger partial charge in [-0.3, -0.25) is 4.90 Å². The molecule has 0 radical (unpaired) electrons. The van der Waals surface area contributed by atoms with E-state index in [1.807, 2.05) is 24.3 Å². The highest BCUT2D eigenvalue weighted by molar-refractivity contribution is 5.88. The number of carbonyl (C=O) groups excluding carboxylic acids is 1. The van der Waals surface area contributed by atoms with Crippen molar-refractivity contribution in [1.29, 1.82) is 5.26 Å². The quantitative estimate of drug-likeness (QED) is 0.779. The molecule has 2 aromatic rings. The van der Waals surface area contributed by atoms with E-state index in [1.165, 1.54) is 11.6 Å². The monoisotopic (exact) mass is 339 g/mol. The molecule has 25 heavy (non-hydrogen) atoms. The third kappa shape index (κ3) is 4.47. The number of hydrogen-bond acceptors (Lipinski definition) is 5. The van der Waals surface area contributed by atoms with Gasteiger partial charge < -0.3 is 14.0 Å². The Hall–Kier alpha value is -2.62. The summed E-state index contributed by atoms with van der Waals surface area (Å²) in [7, 11) is 1.72.